The van der Waals surface area contributed by atoms with Crippen molar-refractivity contribution in [2.75, 3.05) is 11.5 Å². The molecule has 6 N–H and O–H groups in total. The van der Waals surface area contributed by atoms with Gasteiger partial charge in [0.2, 0.25) is 0 Å². The highest BCUT2D eigenvalue weighted by Gasteiger charge is 2.45. The number of aliphatic hydroxyl groups excluding tert-OH is 2. The maximum Gasteiger partial charge on any atom is 0.146 e. The number of nitrogen functional groups attached to an aromatic ring is 2. The average molecular weight is 495 g/mol. The van der Waals surface area contributed by atoms with E-state index in [1.165, 1.54) is 6.33 Å². The third kappa shape index (κ3) is 3.33. The number of pyridine rings is 1. The first-order valence-corrected chi connectivity index (χ1v) is 11.1. The summed E-state index contributed by atoms with van der Waals surface area (Å²) in [4.78, 5) is 12.8. The molecule has 0 bridgehead atoms. The van der Waals surface area contributed by atoms with Crippen LogP contribution in [0.1, 0.15) is 18.0 Å². The van der Waals surface area contributed by atoms with Crippen molar-refractivity contribution in [3.05, 3.63) is 65.0 Å². The van der Waals surface area contributed by atoms with Crippen molar-refractivity contribution in [3.8, 4) is 0 Å². The second-order valence-corrected chi connectivity index (χ2v) is 9.10. The number of hydrogen-bond donors (Lipinski definition) is 4. The maximum atomic E-state index is 10.9. The Bertz CT molecular complexity index is 1350. The van der Waals surface area contributed by atoms with Crippen LogP contribution in [0, 0.1) is 5.92 Å². The lowest BCUT2D eigenvalue weighted by Gasteiger charge is -2.19. The van der Waals surface area contributed by atoms with E-state index in [9.17, 15) is 10.2 Å². The Balaban J connectivity index is 1.39. The van der Waals surface area contributed by atoms with Gasteiger partial charge in [-0.2, -0.15) is 0 Å². The third-order valence-corrected chi connectivity index (χ3v) is 7.02. The van der Waals surface area contributed by atoms with Gasteiger partial charge in [0.05, 0.1) is 27.5 Å². The van der Waals surface area contributed by atoms with E-state index in [1.807, 2.05) is 34.9 Å². The van der Waals surface area contributed by atoms with Crippen LogP contribution in [-0.4, -0.2) is 41.9 Å². The fourth-order valence-corrected chi connectivity index (χ4v) is 5.01. The van der Waals surface area contributed by atoms with Gasteiger partial charge in [0.25, 0.3) is 0 Å². The zero-order valence-corrected chi connectivity index (χ0v) is 18.8. The van der Waals surface area contributed by atoms with Gasteiger partial charge in [-0.3, -0.25) is 0 Å². The lowest BCUT2D eigenvalue weighted by atomic mass is 9.93. The summed E-state index contributed by atoms with van der Waals surface area (Å²) in [5, 5.41) is 23.4. The number of hydrogen-bond acceptors (Lipinski definition) is 7. The Morgan fingerprint density at radius 1 is 1.06 bits per heavy atom. The van der Waals surface area contributed by atoms with Gasteiger partial charge in [0.1, 0.15) is 29.7 Å². The number of halogens is 1. The Morgan fingerprint density at radius 2 is 1.88 bits per heavy atom. The average Bonchev–Trinajstić information content (AvgIpc) is 3.27. The van der Waals surface area contributed by atoms with Crippen molar-refractivity contribution < 1.29 is 10.2 Å². The van der Waals surface area contributed by atoms with Crippen LogP contribution in [0.4, 0.5) is 11.6 Å². The number of fused-ring (bicyclic) bond motifs is 2. The zero-order valence-electron chi connectivity index (χ0n) is 17.2. The first kappa shape index (κ1) is 20.9. The summed E-state index contributed by atoms with van der Waals surface area (Å²) in [7, 11) is 0. The zero-order chi connectivity index (χ0) is 22.6. The molecule has 164 valence electrons. The molecule has 0 spiro atoms. The molecule has 32 heavy (non-hydrogen) atoms. The molecular weight excluding hydrogens is 472 g/mol. The molecule has 0 unspecified atom stereocenters. The Labute approximate surface area is 192 Å². The molecule has 1 aliphatic carbocycles. The Kier molecular flexibility index (Phi) is 5.11. The first-order chi connectivity index (χ1) is 15.3. The molecule has 9 heteroatoms. The van der Waals surface area contributed by atoms with E-state index in [1.54, 1.807) is 6.20 Å². The van der Waals surface area contributed by atoms with Gasteiger partial charge in [0.15, 0.2) is 0 Å². The van der Waals surface area contributed by atoms with Crippen LogP contribution < -0.4 is 11.5 Å². The molecule has 4 atom stereocenters. The highest BCUT2D eigenvalue weighted by atomic mass is 79.9. The van der Waals surface area contributed by atoms with Gasteiger partial charge in [-0.15, -0.1) is 0 Å². The number of nitrogens with two attached hydrogens (primary N) is 2. The van der Waals surface area contributed by atoms with Gasteiger partial charge < -0.3 is 26.2 Å². The van der Waals surface area contributed by atoms with Crippen molar-refractivity contribution in [2.24, 2.45) is 5.92 Å². The molecule has 1 saturated carbocycles. The van der Waals surface area contributed by atoms with Crippen molar-refractivity contribution >= 4 is 49.5 Å². The van der Waals surface area contributed by atoms with E-state index < -0.39 is 18.2 Å². The standard InChI is InChI=1S/C23H23BrN6O2/c1-11-14(5-3-12-2-4-13-9-16(24)22(26)29-17(13)8-12)19(31)20(32)18(11)30-7-6-15-21(25)27-10-28-23(15)30/h2,4,6-10,14,18-20,31-32H,1,3,5H2,(H2,26,29)(H2,25,27,28)/t14-,18+,19+,20-/m0/s1. The van der Waals surface area contributed by atoms with Gasteiger partial charge in [-0.25, -0.2) is 15.0 Å². The molecule has 0 amide bonds. The molecule has 0 aliphatic heterocycles. The van der Waals surface area contributed by atoms with Crippen LogP contribution in [0.25, 0.3) is 21.9 Å². The summed E-state index contributed by atoms with van der Waals surface area (Å²) < 4.78 is 2.59. The molecule has 8 nitrogen and oxygen atoms in total. The van der Waals surface area contributed by atoms with Crippen LogP contribution in [0.3, 0.4) is 0 Å². The van der Waals surface area contributed by atoms with E-state index in [2.05, 4.69) is 37.5 Å². The Morgan fingerprint density at radius 3 is 2.69 bits per heavy atom. The maximum absolute atomic E-state index is 10.9. The minimum Gasteiger partial charge on any atom is -0.390 e. The number of rotatable bonds is 4. The predicted octanol–water partition coefficient (Wildman–Crippen LogP) is 2.99. The molecule has 1 aliphatic rings. The number of aromatic nitrogens is 4. The van der Waals surface area contributed by atoms with Crippen LogP contribution >= 0.6 is 15.9 Å². The van der Waals surface area contributed by atoms with E-state index in [-0.39, 0.29) is 5.92 Å². The van der Waals surface area contributed by atoms with Gasteiger partial charge in [-0.1, -0.05) is 18.7 Å². The summed E-state index contributed by atoms with van der Waals surface area (Å²) in [5.41, 5.74) is 15.2. The lowest BCUT2D eigenvalue weighted by molar-refractivity contribution is 0.00550. The fourth-order valence-electron chi connectivity index (χ4n) is 4.68. The molecule has 0 saturated heterocycles. The van der Waals surface area contributed by atoms with Crippen molar-refractivity contribution in [1.82, 2.24) is 19.5 Å². The van der Waals surface area contributed by atoms with E-state index in [0.717, 1.165) is 26.5 Å². The normalized spacial score (nSPS) is 23.4. The summed E-state index contributed by atoms with van der Waals surface area (Å²) in [5.74, 6) is 0.565. The molecule has 0 radical (unpaired) electrons. The highest BCUT2D eigenvalue weighted by molar-refractivity contribution is 9.10. The van der Waals surface area contributed by atoms with Crippen molar-refractivity contribution in [1.29, 1.82) is 0 Å². The van der Waals surface area contributed by atoms with Crippen molar-refractivity contribution in [2.45, 2.75) is 31.1 Å². The fraction of sp³-hybridized carbons (Fsp3) is 0.261. The predicted molar refractivity (Wildman–Crippen MR) is 128 cm³/mol. The van der Waals surface area contributed by atoms with Crippen molar-refractivity contribution in [3.63, 3.8) is 0 Å². The molecule has 5 rings (SSSR count). The van der Waals surface area contributed by atoms with Crippen LogP contribution in [-0.2, 0) is 6.42 Å². The highest BCUT2D eigenvalue weighted by Crippen LogP contribution is 2.43. The first-order valence-electron chi connectivity index (χ1n) is 10.3. The smallest absolute Gasteiger partial charge is 0.146 e. The number of nitrogens with zero attached hydrogens (tertiary/aromatic N) is 4. The summed E-state index contributed by atoms with van der Waals surface area (Å²) in [6, 6.07) is 9.34. The lowest BCUT2D eigenvalue weighted by Crippen LogP contribution is -2.29. The van der Waals surface area contributed by atoms with E-state index >= 15 is 0 Å². The van der Waals surface area contributed by atoms with Crippen LogP contribution in [0.5, 0.6) is 0 Å². The molecule has 1 aromatic carbocycles. The largest absolute Gasteiger partial charge is 0.390 e. The van der Waals surface area contributed by atoms with Gasteiger partial charge in [-0.05, 0) is 58.1 Å². The number of aliphatic hydroxyl groups is 2. The van der Waals surface area contributed by atoms with Crippen LogP contribution in [0.2, 0.25) is 0 Å². The minimum absolute atomic E-state index is 0.259. The number of aryl methyl sites for hydroxylation is 1. The monoisotopic (exact) mass is 494 g/mol. The molecule has 1 fully saturated rings. The van der Waals surface area contributed by atoms with E-state index in [4.69, 9.17) is 11.5 Å². The number of anilines is 2. The quantitative estimate of drug-likeness (QED) is 0.320. The molecule has 3 aromatic heterocycles. The molecular formula is C23H23BrN6O2. The second kappa shape index (κ2) is 7.84. The number of benzene rings is 1. The minimum atomic E-state index is -0.991. The van der Waals surface area contributed by atoms with Gasteiger partial charge in [0, 0.05) is 17.5 Å². The second-order valence-electron chi connectivity index (χ2n) is 8.25. The summed E-state index contributed by atoms with van der Waals surface area (Å²) in [6.45, 7) is 4.24. The van der Waals surface area contributed by atoms with Crippen LogP contribution in [0.15, 0.2) is 59.5 Å². The molecule has 4 aromatic rings. The topological polar surface area (TPSA) is 136 Å². The van der Waals surface area contributed by atoms with Gasteiger partial charge >= 0.3 is 0 Å². The SMILES string of the molecule is C=C1[C@@H](n2ccc3c(N)ncnc32)[C@H](O)[C@H](O)[C@H]1CCc1ccc2cc(Br)c(N)nc2c1. The summed E-state index contributed by atoms with van der Waals surface area (Å²) >= 11 is 3.40. The third-order valence-electron chi connectivity index (χ3n) is 6.39. The molecule has 3 heterocycles. The Hall–Kier alpha value is -3.01. The van der Waals surface area contributed by atoms with E-state index in [0.29, 0.717) is 35.5 Å². The summed E-state index contributed by atoms with van der Waals surface area (Å²) in [6.07, 6.45) is 2.63.